The molecule has 0 saturated carbocycles. The molecule has 0 unspecified atom stereocenters. The Bertz CT molecular complexity index is 566. The Morgan fingerprint density at radius 1 is 1.30 bits per heavy atom. The first-order valence-electron chi connectivity index (χ1n) is 7.32. The minimum Gasteiger partial charge on any atom is -0.463 e. The number of oxime groups is 1. The molecule has 1 rings (SSSR count). The lowest BCUT2D eigenvalue weighted by Crippen LogP contribution is -2.23. The summed E-state index contributed by atoms with van der Waals surface area (Å²) in [6.07, 6.45) is 2.27. The predicted molar refractivity (Wildman–Crippen MR) is 85.7 cm³/mol. The van der Waals surface area contributed by atoms with Gasteiger partial charge in [-0.15, -0.1) is 0 Å². The summed E-state index contributed by atoms with van der Waals surface area (Å²) in [7, 11) is 0. The first-order chi connectivity index (χ1) is 11.0. The summed E-state index contributed by atoms with van der Waals surface area (Å²) in [5.74, 6) is -1.04. The third-order valence-corrected chi connectivity index (χ3v) is 2.80. The molecule has 0 amide bonds. The van der Waals surface area contributed by atoms with Gasteiger partial charge in [0.1, 0.15) is 0 Å². The fourth-order valence-corrected chi connectivity index (χ4v) is 1.76. The number of aliphatic hydroxyl groups excluding tert-OH is 1. The van der Waals surface area contributed by atoms with Crippen molar-refractivity contribution in [2.75, 3.05) is 6.61 Å². The van der Waals surface area contributed by atoms with Gasteiger partial charge in [0.15, 0.2) is 0 Å². The molecule has 124 valence electrons. The first-order valence-corrected chi connectivity index (χ1v) is 7.32. The molecule has 0 aliphatic rings. The van der Waals surface area contributed by atoms with E-state index in [0.717, 1.165) is 5.56 Å². The maximum atomic E-state index is 11.2. The van der Waals surface area contributed by atoms with Crippen molar-refractivity contribution in [1.29, 1.82) is 0 Å². The lowest BCUT2D eigenvalue weighted by Gasteiger charge is -2.11. The number of ether oxygens (including phenoxy) is 1. The molecular weight excluding hydrogens is 298 g/mol. The molecule has 23 heavy (non-hydrogen) atoms. The van der Waals surface area contributed by atoms with Gasteiger partial charge in [-0.1, -0.05) is 41.6 Å². The number of benzene rings is 1. The smallest absolute Gasteiger partial charge is 0.331 e. The highest BCUT2D eigenvalue weighted by Gasteiger charge is 2.14. The van der Waals surface area contributed by atoms with Crippen LogP contribution in [0, 0.1) is 0 Å². The Balaban J connectivity index is 2.72. The summed E-state index contributed by atoms with van der Waals surface area (Å²) >= 11 is 0. The van der Waals surface area contributed by atoms with E-state index in [9.17, 15) is 14.7 Å². The van der Waals surface area contributed by atoms with Gasteiger partial charge in [-0.25, -0.2) is 9.59 Å². The van der Waals surface area contributed by atoms with Crippen LogP contribution in [0.4, 0.5) is 0 Å². The third kappa shape index (κ3) is 7.92. The highest BCUT2D eigenvalue weighted by molar-refractivity contribution is 5.90. The number of carbonyl (C=O) groups excluding carboxylic acids is 2. The average Bonchev–Trinajstić information content (AvgIpc) is 2.52. The Labute approximate surface area is 135 Å². The van der Waals surface area contributed by atoms with E-state index in [1.54, 1.807) is 6.92 Å². The van der Waals surface area contributed by atoms with Crippen molar-refractivity contribution in [1.82, 2.24) is 0 Å². The molecule has 0 fully saturated rings. The van der Waals surface area contributed by atoms with Gasteiger partial charge in [-0.05, 0) is 18.9 Å². The largest absolute Gasteiger partial charge is 0.463 e. The Kier molecular flexibility index (Phi) is 8.31. The van der Waals surface area contributed by atoms with Crippen LogP contribution < -0.4 is 0 Å². The number of rotatable bonds is 8. The van der Waals surface area contributed by atoms with Gasteiger partial charge in [-0.3, -0.25) is 0 Å². The molecule has 0 aliphatic heterocycles. The summed E-state index contributed by atoms with van der Waals surface area (Å²) < 4.78 is 4.75. The van der Waals surface area contributed by atoms with Gasteiger partial charge in [0.25, 0.3) is 0 Å². The topological polar surface area (TPSA) is 85.2 Å². The highest BCUT2D eigenvalue weighted by atomic mass is 16.7. The minimum absolute atomic E-state index is 0.158. The summed E-state index contributed by atoms with van der Waals surface area (Å²) in [6, 6.07) is 9.37. The highest BCUT2D eigenvalue weighted by Crippen LogP contribution is 2.07. The van der Waals surface area contributed by atoms with E-state index >= 15 is 0 Å². The van der Waals surface area contributed by atoms with Gasteiger partial charge in [0.2, 0.25) is 0 Å². The minimum atomic E-state index is -0.972. The van der Waals surface area contributed by atoms with Crippen LogP contribution in [0.3, 0.4) is 0 Å². The third-order valence-electron chi connectivity index (χ3n) is 2.80. The maximum Gasteiger partial charge on any atom is 0.331 e. The van der Waals surface area contributed by atoms with Crippen LogP contribution >= 0.6 is 0 Å². The van der Waals surface area contributed by atoms with Gasteiger partial charge in [0.05, 0.1) is 18.4 Å². The molecule has 6 nitrogen and oxygen atoms in total. The zero-order chi connectivity index (χ0) is 17.1. The van der Waals surface area contributed by atoms with Gasteiger partial charge < -0.3 is 14.7 Å². The van der Waals surface area contributed by atoms with Crippen molar-refractivity contribution in [2.24, 2.45) is 5.16 Å². The summed E-state index contributed by atoms with van der Waals surface area (Å²) in [5, 5.41) is 13.9. The predicted octanol–water partition coefficient (Wildman–Crippen LogP) is 2.02. The van der Waals surface area contributed by atoms with Crippen molar-refractivity contribution >= 4 is 17.7 Å². The summed E-state index contributed by atoms with van der Waals surface area (Å²) in [6.45, 7) is 3.24. The van der Waals surface area contributed by atoms with Crippen molar-refractivity contribution in [2.45, 2.75) is 32.8 Å². The van der Waals surface area contributed by atoms with Crippen LogP contribution in [-0.2, 0) is 25.6 Å². The molecule has 6 heteroatoms. The molecule has 0 saturated heterocycles. The molecule has 1 N–H and O–H groups in total. The number of nitrogens with zero attached hydrogens (tertiary/aromatic N) is 1. The zero-order valence-corrected chi connectivity index (χ0v) is 13.3. The van der Waals surface area contributed by atoms with E-state index < -0.39 is 18.0 Å². The second kappa shape index (κ2) is 10.3. The molecule has 1 aromatic rings. The normalized spacial score (nSPS) is 12.9. The van der Waals surface area contributed by atoms with E-state index in [0.29, 0.717) is 18.7 Å². The summed E-state index contributed by atoms with van der Waals surface area (Å²) in [5.41, 5.74) is 1.23. The molecule has 0 aliphatic carbocycles. The van der Waals surface area contributed by atoms with Crippen molar-refractivity contribution in [3.05, 3.63) is 48.0 Å². The standard InChI is InChI=1S/C17H21NO5/c1-3-22-17(21)11-7-10-16(20)15(18-23-13(2)19)12-14-8-5-4-6-9-14/h4-9,11,16,20H,3,10,12H2,1-2H3/b11-7+,18-15+/t16-/m1/s1. The lowest BCUT2D eigenvalue weighted by atomic mass is 10.0. The number of aliphatic hydroxyl groups is 1. The molecule has 0 spiro atoms. The first kappa shape index (κ1) is 18.6. The zero-order valence-electron chi connectivity index (χ0n) is 13.3. The van der Waals surface area contributed by atoms with E-state index in [4.69, 9.17) is 4.74 Å². The second-order valence-electron chi connectivity index (χ2n) is 4.73. The average molecular weight is 319 g/mol. The van der Waals surface area contributed by atoms with Crippen LogP contribution in [0.2, 0.25) is 0 Å². The van der Waals surface area contributed by atoms with Crippen molar-refractivity contribution in [3.63, 3.8) is 0 Å². The fraction of sp³-hybridized carbons (Fsp3) is 0.353. The molecule has 1 atom stereocenters. The van der Waals surface area contributed by atoms with Gasteiger partial charge in [-0.2, -0.15) is 0 Å². The SMILES string of the molecule is CCOC(=O)/C=C/C[C@@H](O)/C(Cc1ccccc1)=N/OC(C)=O. The van der Waals surface area contributed by atoms with Crippen LogP contribution in [0.25, 0.3) is 0 Å². The van der Waals surface area contributed by atoms with Crippen LogP contribution in [-0.4, -0.2) is 35.5 Å². The van der Waals surface area contributed by atoms with Crippen LogP contribution in [0.1, 0.15) is 25.8 Å². The monoisotopic (exact) mass is 319 g/mol. The van der Waals surface area contributed by atoms with E-state index in [1.807, 2.05) is 30.3 Å². The molecule has 0 radical (unpaired) electrons. The lowest BCUT2D eigenvalue weighted by molar-refractivity contribution is -0.141. The Morgan fingerprint density at radius 2 is 2.00 bits per heavy atom. The number of hydrogen-bond donors (Lipinski definition) is 1. The van der Waals surface area contributed by atoms with E-state index in [1.165, 1.54) is 19.1 Å². The molecule has 0 aromatic heterocycles. The Hall–Kier alpha value is -2.47. The van der Waals surface area contributed by atoms with Crippen LogP contribution in [0.15, 0.2) is 47.6 Å². The molecule has 0 heterocycles. The molecule has 1 aromatic carbocycles. The van der Waals surface area contributed by atoms with Crippen molar-refractivity contribution < 1.29 is 24.3 Å². The summed E-state index contributed by atoms with van der Waals surface area (Å²) in [4.78, 5) is 26.8. The second-order valence-corrected chi connectivity index (χ2v) is 4.73. The van der Waals surface area contributed by atoms with Crippen molar-refractivity contribution in [3.8, 4) is 0 Å². The number of esters is 1. The van der Waals surface area contributed by atoms with E-state index in [-0.39, 0.29) is 6.42 Å². The van der Waals surface area contributed by atoms with Gasteiger partial charge >= 0.3 is 11.9 Å². The molecular formula is C17H21NO5. The Morgan fingerprint density at radius 3 is 2.61 bits per heavy atom. The van der Waals surface area contributed by atoms with E-state index in [2.05, 4.69) is 9.99 Å². The fourth-order valence-electron chi connectivity index (χ4n) is 1.76. The number of carbonyl (C=O) groups is 2. The number of hydrogen-bond acceptors (Lipinski definition) is 6. The van der Waals surface area contributed by atoms with Gasteiger partial charge in [0, 0.05) is 19.4 Å². The molecule has 0 bridgehead atoms. The van der Waals surface area contributed by atoms with Crippen LogP contribution in [0.5, 0.6) is 0 Å². The quantitative estimate of drug-likeness (QED) is 0.260. The maximum absolute atomic E-state index is 11.2.